The Labute approximate surface area is 93.2 Å². The number of amides is 2. The number of hydrogen-bond donors (Lipinski definition) is 3. The number of carbonyl (C=O) groups excluding carboxylic acids is 2. The number of carbonyl (C=O) groups is 3. The maximum atomic E-state index is 11.3. The van der Waals surface area contributed by atoms with Gasteiger partial charge in [0, 0.05) is 14.0 Å². The summed E-state index contributed by atoms with van der Waals surface area (Å²) in [5.74, 6) is -1.95. The van der Waals surface area contributed by atoms with Crippen molar-refractivity contribution >= 4 is 17.8 Å². The number of nitrogens with one attached hydrogen (secondary N) is 2. The van der Waals surface area contributed by atoms with Gasteiger partial charge < -0.3 is 20.5 Å². The zero-order valence-corrected chi connectivity index (χ0v) is 9.44. The Balaban J connectivity index is 4.05. The van der Waals surface area contributed by atoms with Crippen LogP contribution in [0.1, 0.15) is 13.8 Å². The molecule has 0 aliphatic rings. The van der Waals surface area contributed by atoms with Crippen LogP contribution in [0.3, 0.4) is 0 Å². The third-order valence-corrected chi connectivity index (χ3v) is 1.83. The van der Waals surface area contributed by atoms with Gasteiger partial charge in [0.25, 0.3) is 0 Å². The van der Waals surface area contributed by atoms with Gasteiger partial charge >= 0.3 is 5.97 Å². The van der Waals surface area contributed by atoms with Crippen molar-refractivity contribution in [2.24, 2.45) is 0 Å². The van der Waals surface area contributed by atoms with E-state index >= 15 is 0 Å². The third kappa shape index (κ3) is 5.30. The van der Waals surface area contributed by atoms with E-state index in [2.05, 4.69) is 15.4 Å². The summed E-state index contributed by atoms with van der Waals surface area (Å²) in [5, 5.41) is 13.4. The quantitative estimate of drug-likeness (QED) is 0.529. The largest absolute Gasteiger partial charge is 0.479 e. The molecule has 3 N–H and O–H groups in total. The normalized spacial score (nSPS) is 13.7. The molecule has 0 spiro atoms. The van der Waals surface area contributed by atoms with Crippen molar-refractivity contribution in [1.82, 2.24) is 10.6 Å². The highest BCUT2D eigenvalue weighted by atomic mass is 16.5. The molecule has 0 aromatic heterocycles. The maximum Gasteiger partial charge on any atom is 0.334 e. The average Bonchev–Trinajstić information content (AvgIpc) is 2.16. The van der Waals surface area contributed by atoms with E-state index in [4.69, 9.17) is 5.11 Å². The fraction of sp³-hybridized carbons (Fsp3) is 0.667. The van der Waals surface area contributed by atoms with Gasteiger partial charge in [-0.25, -0.2) is 4.79 Å². The Morgan fingerprint density at radius 2 is 1.94 bits per heavy atom. The van der Waals surface area contributed by atoms with Gasteiger partial charge in [-0.1, -0.05) is 0 Å². The molecule has 0 aliphatic heterocycles. The van der Waals surface area contributed by atoms with Crippen LogP contribution in [0.5, 0.6) is 0 Å². The van der Waals surface area contributed by atoms with Crippen LogP contribution in [0.4, 0.5) is 0 Å². The zero-order chi connectivity index (χ0) is 12.7. The van der Waals surface area contributed by atoms with Crippen LogP contribution >= 0.6 is 0 Å². The fourth-order valence-electron chi connectivity index (χ4n) is 0.988. The maximum absolute atomic E-state index is 11.3. The molecule has 92 valence electrons. The third-order valence-electron chi connectivity index (χ3n) is 1.83. The topological polar surface area (TPSA) is 105 Å². The van der Waals surface area contributed by atoms with Crippen molar-refractivity contribution in [2.45, 2.75) is 26.0 Å². The van der Waals surface area contributed by atoms with Gasteiger partial charge in [0.15, 0.2) is 6.10 Å². The predicted molar refractivity (Wildman–Crippen MR) is 54.7 cm³/mol. The second-order valence-electron chi connectivity index (χ2n) is 3.23. The van der Waals surface area contributed by atoms with Crippen molar-refractivity contribution in [3.8, 4) is 0 Å². The van der Waals surface area contributed by atoms with Crippen molar-refractivity contribution < 1.29 is 24.2 Å². The van der Waals surface area contributed by atoms with Crippen molar-refractivity contribution in [3.05, 3.63) is 0 Å². The molecule has 0 aromatic carbocycles. The minimum Gasteiger partial charge on any atom is -0.479 e. The van der Waals surface area contributed by atoms with E-state index in [1.807, 2.05) is 0 Å². The Morgan fingerprint density at radius 1 is 1.38 bits per heavy atom. The summed E-state index contributed by atoms with van der Waals surface area (Å²) in [5.41, 5.74) is 0. The van der Waals surface area contributed by atoms with Gasteiger partial charge in [-0.3, -0.25) is 9.59 Å². The monoisotopic (exact) mass is 232 g/mol. The lowest BCUT2D eigenvalue weighted by molar-refractivity contribution is -0.148. The SMILES string of the molecule is COC(CNC(=O)C(C)NC(C)=O)C(=O)O. The van der Waals surface area contributed by atoms with Gasteiger partial charge in [-0.2, -0.15) is 0 Å². The first kappa shape index (κ1) is 14.4. The number of carboxylic acids is 1. The summed E-state index contributed by atoms with van der Waals surface area (Å²) in [6.07, 6.45) is -1.09. The van der Waals surface area contributed by atoms with E-state index in [9.17, 15) is 14.4 Å². The van der Waals surface area contributed by atoms with Crippen LogP contribution in [0, 0.1) is 0 Å². The Bertz CT molecular complexity index is 279. The minimum atomic E-state index is -1.16. The molecule has 0 rings (SSSR count). The molecule has 0 saturated carbocycles. The second-order valence-corrected chi connectivity index (χ2v) is 3.23. The smallest absolute Gasteiger partial charge is 0.334 e. The van der Waals surface area contributed by atoms with E-state index in [0.717, 1.165) is 0 Å². The standard InChI is InChI=1S/C9H16N2O5/c1-5(11-6(2)12)8(13)10-4-7(16-3)9(14)15/h5,7H,4H2,1-3H3,(H,10,13)(H,11,12)(H,14,15). The summed E-state index contributed by atoms with van der Waals surface area (Å²) >= 11 is 0. The average molecular weight is 232 g/mol. The number of methoxy groups -OCH3 is 1. The molecule has 16 heavy (non-hydrogen) atoms. The van der Waals surface area contributed by atoms with Crippen LogP contribution < -0.4 is 10.6 Å². The van der Waals surface area contributed by atoms with Gasteiger partial charge in [0.2, 0.25) is 11.8 Å². The van der Waals surface area contributed by atoms with E-state index in [-0.39, 0.29) is 12.5 Å². The van der Waals surface area contributed by atoms with E-state index in [0.29, 0.717) is 0 Å². The summed E-state index contributed by atoms with van der Waals surface area (Å²) < 4.78 is 4.62. The molecular formula is C9H16N2O5. The molecular weight excluding hydrogens is 216 g/mol. The fourth-order valence-corrected chi connectivity index (χ4v) is 0.988. The molecule has 2 atom stereocenters. The lowest BCUT2D eigenvalue weighted by atomic mass is 10.3. The van der Waals surface area contributed by atoms with Crippen LogP contribution in [0.2, 0.25) is 0 Å². The number of rotatable bonds is 6. The highest BCUT2D eigenvalue weighted by Crippen LogP contribution is 1.89. The first-order valence-electron chi connectivity index (χ1n) is 4.69. The molecule has 0 aliphatic carbocycles. The van der Waals surface area contributed by atoms with Gasteiger partial charge in [-0.05, 0) is 6.92 Å². The highest BCUT2D eigenvalue weighted by Gasteiger charge is 2.19. The van der Waals surface area contributed by atoms with Gasteiger partial charge in [0.05, 0.1) is 6.54 Å². The Kier molecular flexibility index (Phi) is 6.09. The molecule has 0 fully saturated rings. The first-order valence-corrected chi connectivity index (χ1v) is 4.69. The number of aliphatic carboxylic acids is 1. The summed E-state index contributed by atoms with van der Waals surface area (Å²) in [4.78, 5) is 32.5. The summed E-state index contributed by atoms with van der Waals surface area (Å²) in [7, 11) is 1.24. The molecule has 0 saturated heterocycles. The van der Waals surface area contributed by atoms with Gasteiger partial charge in [0.1, 0.15) is 6.04 Å². The Hall–Kier alpha value is -1.63. The molecule has 0 bridgehead atoms. The molecule has 0 aromatic rings. The molecule has 2 amide bonds. The summed E-state index contributed by atoms with van der Waals surface area (Å²) in [6, 6.07) is -0.705. The molecule has 2 unspecified atom stereocenters. The Morgan fingerprint density at radius 3 is 2.31 bits per heavy atom. The van der Waals surface area contributed by atoms with E-state index < -0.39 is 24.0 Å². The second kappa shape index (κ2) is 6.78. The van der Waals surface area contributed by atoms with Crippen molar-refractivity contribution in [3.63, 3.8) is 0 Å². The van der Waals surface area contributed by atoms with E-state index in [1.165, 1.54) is 21.0 Å². The molecule has 0 heterocycles. The van der Waals surface area contributed by atoms with Crippen molar-refractivity contribution in [1.29, 1.82) is 0 Å². The minimum absolute atomic E-state index is 0.144. The predicted octanol–water partition coefficient (Wildman–Crippen LogP) is -1.27. The van der Waals surface area contributed by atoms with E-state index in [1.54, 1.807) is 0 Å². The van der Waals surface area contributed by atoms with Crippen LogP contribution in [0.15, 0.2) is 0 Å². The first-order chi connectivity index (χ1) is 7.38. The zero-order valence-electron chi connectivity index (χ0n) is 9.44. The van der Waals surface area contributed by atoms with Crippen LogP contribution in [0.25, 0.3) is 0 Å². The van der Waals surface area contributed by atoms with Gasteiger partial charge in [-0.15, -0.1) is 0 Å². The number of carboxylic acid groups (broad SMARTS) is 1. The van der Waals surface area contributed by atoms with Crippen LogP contribution in [-0.2, 0) is 19.1 Å². The van der Waals surface area contributed by atoms with Crippen molar-refractivity contribution in [2.75, 3.05) is 13.7 Å². The highest BCUT2D eigenvalue weighted by molar-refractivity contribution is 5.86. The molecule has 7 nitrogen and oxygen atoms in total. The lowest BCUT2D eigenvalue weighted by Crippen LogP contribution is -2.47. The number of ether oxygens (including phenoxy) is 1. The summed E-state index contributed by atoms with van der Waals surface area (Å²) in [6.45, 7) is 2.65. The molecule has 7 heteroatoms. The number of hydrogen-bond acceptors (Lipinski definition) is 4. The lowest BCUT2D eigenvalue weighted by Gasteiger charge is -2.15. The van der Waals surface area contributed by atoms with Crippen LogP contribution in [-0.4, -0.2) is 48.7 Å². The molecule has 0 radical (unpaired) electrons.